The van der Waals surface area contributed by atoms with Crippen LogP contribution in [0, 0.1) is 0 Å². The minimum absolute atomic E-state index is 0.00187. The molecule has 3 aromatic rings. The van der Waals surface area contributed by atoms with Gasteiger partial charge in [0.1, 0.15) is 12.4 Å². The number of hydrazone groups is 1. The van der Waals surface area contributed by atoms with E-state index in [1.807, 2.05) is 78.9 Å². The van der Waals surface area contributed by atoms with Crippen molar-refractivity contribution in [2.45, 2.75) is 26.0 Å². The Morgan fingerprint density at radius 3 is 2.44 bits per heavy atom. The van der Waals surface area contributed by atoms with E-state index < -0.39 is 12.1 Å². The molecule has 0 unspecified atom stereocenters. The SMILES string of the molecule is CCOC(=O)N[C@@H](CC(=O)N/N=C\c1ccccc1OCc1ccc(Br)cc1)c1ccccc1. The molecule has 0 radical (unpaired) electrons. The normalized spacial score (nSPS) is 11.6. The number of nitrogens with zero attached hydrogens (tertiary/aromatic N) is 1. The first-order valence-corrected chi connectivity index (χ1v) is 11.6. The summed E-state index contributed by atoms with van der Waals surface area (Å²) in [6.07, 6.45) is 0.956. The molecule has 8 heteroatoms. The van der Waals surface area contributed by atoms with Crippen LogP contribution < -0.4 is 15.5 Å². The van der Waals surface area contributed by atoms with Crippen molar-refractivity contribution >= 4 is 34.1 Å². The number of ether oxygens (including phenoxy) is 2. The maximum Gasteiger partial charge on any atom is 0.407 e. The predicted octanol–water partition coefficient (Wildman–Crippen LogP) is 5.36. The fourth-order valence-electron chi connectivity index (χ4n) is 3.12. The Morgan fingerprint density at radius 1 is 1.00 bits per heavy atom. The Morgan fingerprint density at radius 2 is 1.71 bits per heavy atom. The Hall–Kier alpha value is -3.65. The van der Waals surface area contributed by atoms with Crippen LogP contribution in [0.2, 0.25) is 0 Å². The van der Waals surface area contributed by atoms with E-state index in [-0.39, 0.29) is 18.9 Å². The van der Waals surface area contributed by atoms with Crippen molar-refractivity contribution in [2.24, 2.45) is 5.10 Å². The van der Waals surface area contributed by atoms with Gasteiger partial charge in [-0.1, -0.05) is 70.5 Å². The molecule has 2 amide bonds. The van der Waals surface area contributed by atoms with Crippen LogP contribution >= 0.6 is 15.9 Å². The molecule has 0 aliphatic carbocycles. The van der Waals surface area contributed by atoms with Crippen molar-refractivity contribution in [3.8, 4) is 5.75 Å². The lowest BCUT2D eigenvalue weighted by Gasteiger charge is -2.18. The van der Waals surface area contributed by atoms with Gasteiger partial charge in [-0.3, -0.25) is 4.79 Å². The van der Waals surface area contributed by atoms with E-state index in [0.29, 0.717) is 12.4 Å². The van der Waals surface area contributed by atoms with Gasteiger partial charge in [-0.25, -0.2) is 10.2 Å². The van der Waals surface area contributed by atoms with Crippen LogP contribution in [0.15, 0.2) is 88.4 Å². The first-order chi connectivity index (χ1) is 16.5. The smallest absolute Gasteiger partial charge is 0.407 e. The third kappa shape index (κ3) is 8.04. The lowest BCUT2D eigenvalue weighted by molar-refractivity contribution is -0.121. The zero-order chi connectivity index (χ0) is 24.2. The Labute approximate surface area is 207 Å². The molecule has 1 atom stereocenters. The van der Waals surface area contributed by atoms with Gasteiger partial charge >= 0.3 is 6.09 Å². The molecule has 0 saturated carbocycles. The molecule has 2 N–H and O–H groups in total. The largest absolute Gasteiger partial charge is 0.488 e. The summed E-state index contributed by atoms with van der Waals surface area (Å²) in [5.74, 6) is 0.296. The quantitative estimate of drug-likeness (QED) is 0.276. The monoisotopic (exact) mass is 523 g/mol. The molecule has 0 saturated heterocycles. The van der Waals surface area contributed by atoms with Crippen LogP contribution in [0.4, 0.5) is 4.79 Å². The molecule has 0 aliphatic rings. The van der Waals surface area contributed by atoms with Gasteiger partial charge in [-0.2, -0.15) is 5.10 Å². The molecule has 0 aromatic heterocycles. The van der Waals surface area contributed by atoms with Gasteiger partial charge in [0, 0.05) is 10.0 Å². The molecular formula is C26H26BrN3O4. The van der Waals surface area contributed by atoms with Crippen LogP contribution in [-0.2, 0) is 16.1 Å². The van der Waals surface area contributed by atoms with E-state index in [1.165, 1.54) is 6.21 Å². The third-order valence-electron chi connectivity index (χ3n) is 4.78. The number of carbonyl (C=O) groups excluding carboxylic acids is 2. The number of para-hydroxylation sites is 1. The lowest BCUT2D eigenvalue weighted by atomic mass is 10.0. The van der Waals surface area contributed by atoms with Crippen LogP contribution in [0.25, 0.3) is 0 Å². The van der Waals surface area contributed by atoms with Crippen LogP contribution in [0.3, 0.4) is 0 Å². The highest BCUT2D eigenvalue weighted by Crippen LogP contribution is 2.19. The topological polar surface area (TPSA) is 89.0 Å². The minimum Gasteiger partial charge on any atom is -0.488 e. The summed E-state index contributed by atoms with van der Waals surface area (Å²) >= 11 is 3.42. The first kappa shape index (κ1) is 25.0. The van der Waals surface area contributed by atoms with Gasteiger partial charge in [0.15, 0.2) is 0 Å². The minimum atomic E-state index is -0.579. The Bertz CT molecular complexity index is 1100. The molecule has 176 valence electrons. The van der Waals surface area contributed by atoms with Crippen LogP contribution in [0.1, 0.15) is 36.1 Å². The van der Waals surface area contributed by atoms with E-state index in [9.17, 15) is 9.59 Å². The number of halogens is 1. The van der Waals surface area contributed by atoms with Crippen molar-refractivity contribution in [1.29, 1.82) is 0 Å². The summed E-state index contributed by atoms with van der Waals surface area (Å²) in [6, 6.07) is 24.0. The van der Waals surface area contributed by atoms with E-state index in [1.54, 1.807) is 6.92 Å². The summed E-state index contributed by atoms with van der Waals surface area (Å²) in [6.45, 7) is 2.37. The van der Waals surface area contributed by atoms with Gasteiger partial charge in [-0.05, 0) is 42.3 Å². The number of alkyl carbamates (subject to hydrolysis) is 1. The molecular weight excluding hydrogens is 498 g/mol. The average Bonchev–Trinajstić information content (AvgIpc) is 2.85. The van der Waals surface area contributed by atoms with Crippen molar-refractivity contribution in [2.75, 3.05) is 6.61 Å². The average molecular weight is 524 g/mol. The lowest BCUT2D eigenvalue weighted by Crippen LogP contribution is -2.33. The number of hydrogen-bond acceptors (Lipinski definition) is 5. The molecule has 3 aromatic carbocycles. The molecule has 34 heavy (non-hydrogen) atoms. The van der Waals surface area contributed by atoms with Gasteiger partial charge in [0.2, 0.25) is 5.91 Å². The van der Waals surface area contributed by atoms with Gasteiger partial charge in [-0.15, -0.1) is 0 Å². The standard InChI is InChI=1S/C26H26BrN3O4/c1-2-33-26(32)29-23(20-8-4-3-5-9-20)16-25(31)30-28-17-21-10-6-7-11-24(21)34-18-19-12-14-22(27)15-13-19/h3-15,17,23H,2,16,18H2,1H3,(H,29,32)(H,30,31)/b28-17-/t23-/m0/s1. The summed E-state index contributed by atoms with van der Waals surface area (Å²) < 4.78 is 11.9. The first-order valence-electron chi connectivity index (χ1n) is 10.8. The molecule has 0 bridgehead atoms. The van der Waals surface area contributed by atoms with E-state index in [4.69, 9.17) is 9.47 Å². The number of rotatable bonds is 10. The van der Waals surface area contributed by atoms with Crippen molar-refractivity contribution < 1.29 is 19.1 Å². The summed E-state index contributed by atoms with van der Waals surface area (Å²) in [5.41, 5.74) is 5.07. The fourth-order valence-corrected chi connectivity index (χ4v) is 3.38. The number of hydrogen-bond donors (Lipinski definition) is 2. The number of nitrogens with one attached hydrogen (secondary N) is 2. The zero-order valence-electron chi connectivity index (χ0n) is 18.7. The fraction of sp³-hybridized carbons (Fsp3) is 0.192. The van der Waals surface area contributed by atoms with Crippen molar-refractivity contribution in [3.05, 3.63) is 100 Å². The van der Waals surface area contributed by atoms with E-state index in [0.717, 1.165) is 21.2 Å². The molecule has 0 aliphatic heterocycles. The molecule has 0 heterocycles. The highest BCUT2D eigenvalue weighted by Gasteiger charge is 2.18. The second kappa shape index (κ2) is 13.2. The van der Waals surface area contributed by atoms with Crippen molar-refractivity contribution in [1.82, 2.24) is 10.7 Å². The van der Waals surface area contributed by atoms with E-state index >= 15 is 0 Å². The van der Waals surface area contributed by atoms with Crippen molar-refractivity contribution in [3.63, 3.8) is 0 Å². The predicted molar refractivity (Wildman–Crippen MR) is 135 cm³/mol. The summed E-state index contributed by atoms with van der Waals surface area (Å²) in [4.78, 5) is 24.4. The number of benzene rings is 3. The molecule has 0 fully saturated rings. The Kier molecular flexibility index (Phi) is 9.66. The highest BCUT2D eigenvalue weighted by molar-refractivity contribution is 9.10. The summed E-state index contributed by atoms with van der Waals surface area (Å²) in [7, 11) is 0. The second-order valence-electron chi connectivity index (χ2n) is 7.28. The highest BCUT2D eigenvalue weighted by atomic mass is 79.9. The number of carbonyl (C=O) groups is 2. The maximum absolute atomic E-state index is 12.5. The maximum atomic E-state index is 12.5. The Balaban J connectivity index is 1.60. The van der Waals surface area contributed by atoms with Crippen LogP contribution in [0.5, 0.6) is 5.75 Å². The molecule has 7 nitrogen and oxygen atoms in total. The third-order valence-corrected chi connectivity index (χ3v) is 5.31. The second-order valence-corrected chi connectivity index (χ2v) is 8.19. The molecule has 0 spiro atoms. The summed E-state index contributed by atoms with van der Waals surface area (Å²) in [5, 5.41) is 6.80. The van der Waals surface area contributed by atoms with Gasteiger partial charge < -0.3 is 14.8 Å². The van der Waals surface area contributed by atoms with Gasteiger partial charge in [0.05, 0.1) is 25.3 Å². The van der Waals surface area contributed by atoms with E-state index in [2.05, 4.69) is 31.8 Å². The zero-order valence-corrected chi connectivity index (χ0v) is 20.3. The molecule has 3 rings (SSSR count). The van der Waals surface area contributed by atoms with Gasteiger partial charge in [0.25, 0.3) is 0 Å². The van der Waals surface area contributed by atoms with Crippen LogP contribution in [-0.4, -0.2) is 24.8 Å². The number of amides is 2.